The summed E-state index contributed by atoms with van der Waals surface area (Å²) in [4.78, 5) is 26.8. The summed E-state index contributed by atoms with van der Waals surface area (Å²) < 4.78 is 0. The van der Waals surface area contributed by atoms with Crippen molar-refractivity contribution in [2.75, 3.05) is 11.9 Å². The lowest BCUT2D eigenvalue weighted by atomic mass is 9.88. The van der Waals surface area contributed by atoms with Crippen LogP contribution in [-0.2, 0) is 17.9 Å². The summed E-state index contributed by atoms with van der Waals surface area (Å²) >= 11 is 0. The molecule has 6 heteroatoms. The van der Waals surface area contributed by atoms with Crippen LogP contribution in [0.4, 0.5) is 10.5 Å². The first-order chi connectivity index (χ1) is 14.3. The Morgan fingerprint density at radius 2 is 1.70 bits per heavy atom. The van der Waals surface area contributed by atoms with Crippen molar-refractivity contribution >= 4 is 23.1 Å². The van der Waals surface area contributed by atoms with E-state index in [1.165, 1.54) is 25.0 Å². The fourth-order valence-electron chi connectivity index (χ4n) is 3.99. The molecule has 3 N–H and O–H groups in total. The molecule has 0 aliphatic carbocycles. The van der Waals surface area contributed by atoms with Crippen molar-refractivity contribution in [2.45, 2.75) is 45.0 Å². The first-order valence-electron chi connectivity index (χ1n) is 10.2. The van der Waals surface area contributed by atoms with E-state index in [0.717, 1.165) is 16.8 Å². The van der Waals surface area contributed by atoms with Crippen LogP contribution in [0, 0.1) is 0 Å². The molecule has 0 spiro atoms. The van der Waals surface area contributed by atoms with Crippen LogP contribution in [0.1, 0.15) is 37.0 Å². The van der Waals surface area contributed by atoms with Crippen LogP contribution >= 0.6 is 0 Å². The Morgan fingerprint density at radius 1 is 1.07 bits per heavy atom. The van der Waals surface area contributed by atoms with E-state index >= 15 is 0 Å². The first-order valence-corrected chi connectivity index (χ1v) is 10.2. The molecule has 0 saturated carbocycles. The fourth-order valence-corrected chi connectivity index (χ4v) is 3.99. The van der Waals surface area contributed by atoms with Crippen molar-refractivity contribution in [1.82, 2.24) is 10.2 Å². The molecule has 0 aromatic heterocycles. The minimum Gasteiger partial charge on any atom is -0.383 e. The number of hydrogen-bond acceptors (Lipinski definition) is 4. The molecule has 1 atom stereocenters. The van der Waals surface area contributed by atoms with Gasteiger partial charge in [-0.1, -0.05) is 42.5 Å². The van der Waals surface area contributed by atoms with Crippen LogP contribution in [0.3, 0.4) is 0 Å². The lowest BCUT2D eigenvalue weighted by Crippen LogP contribution is -2.48. The van der Waals surface area contributed by atoms with Crippen molar-refractivity contribution in [3.63, 3.8) is 0 Å². The second kappa shape index (κ2) is 8.05. The van der Waals surface area contributed by atoms with Crippen molar-refractivity contribution in [3.05, 3.63) is 71.3 Å². The zero-order valence-electron chi connectivity index (χ0n) is 17.3. The summed E-state index contributed by atoms with van der Waals surface area (Å²) in [6, 6.07) is 15.3. The maximum absolute atomic E-state index is 12.6. The van der Waals surface area contributed by atoms with E-state index < -0.39 is 11.6 Å². The maximum atomic E-state index is 12.6. The summed E-state index contributed by atoms with van der Waals surface area (Å²) in [5.74, 6) is -0.205. The largest absolute Gasteiger partial charge is 0.383 e. The molecule has 4 rings (SSSR count). The van der Waals surface area contributed by atoms with Crippen molar-refractivity contribution < 1.29 is 14.7 Å². The van der Waals surface area contributed by atoms with Gasteiger partial charge in [0, 0.05) is 25.3 Å². The quantitative estimate of drug-likeness (QED) is 0.729. The molecule has 156 valence electrons. The number of urea groups is 1. The molecule has 1 unspecified atom stereocenters. The first kappa shape index (κ1) is 20.3. The van der Waals surface area contributed by atoms with Crippen molar-refractivity contribution in [2.24, 2.45) is 0 Å². The molecular weight excluding hydrogens is 378 g/mol. The highest BCUT2D eigenvalue weighted by Crippen LogP contribution is 2.27. The number of anilines is 1. The number of benzene rings is 2. The number of amides is 2. The van der Waals surface area contributed by atoms with Gasteiger partial charge in [0.2, 0.25) is 0 Å². The van der Waals surface area contributed by atoms with Crippen LogP contribution in [0.2, 0.25) is 0 Å². The number of carbonyl (C=O) groups is 2. The van der Waals surface area contributed by atoms with Gasteiger partial charge in [-0.05, 0) is 54.7 Å². The smallest absolute Gasteiger partial charge is 0.322 e. The van der Waals surface area contributed by atoms with Gasteiger partial charge in [-0.2, -0.15) is 0 Å². The van der Waals surface area contributed by atoms with Gasteiger partial charge < -0.3 is 20.6 Å². The van der Waals surface area contributed by atoms with E-state index in [1.54, 1.807) is 4.90 Å². The Hall–Kier alpha value is -2.96. The Bertz CT molecular complexity index is 965. The molecule has 0 bridgehead atoms. The number of Topliss-reactive ketones (excluding diaryl/α,β-unsaturated/α-hetero) is 1. The minimum absolute atomic E-state index is 0.115. The average molecular weight is 405 g/mol. The predicted octanol–water partition coefficient (Wildman–Crippen LogP) is 3.32. The second-order valence-electron chi connectivity index (χ2n) is 8.45. The average Bonchev–Trinajstić information content (AvgIpc) is 3.18. The summed E-state index contributed by atoms with van der Waals surface area (Å²) in [5.41, 5.74) is 3.83. The van der Waals surface area contributed by atoms with E-state index in [9.17, 15) is 14.7 Å². The Morgan fingerprint density at radius 3 is 2.30 bits per heavy atom. The lowest BCUT2D eigenvalue weighted by molar-refractivity contribution is -0.136. The number of nitrogens with one attached hydrogen (secondary N) is 2. The molecule has 2 aliphatic rings. The Balaban J connectivity index is 1.38. The highest BCUT2D eigenvalue weighted by atomic mass is 16.3. The number of ketones is 1. The number of fused-ring (bicyclic) bond motifs is 1. The van der Waals surface area contributed by atoms with Gasteiger partial charge in [-0.15, -0.1) is 0 Å². The van der Waals surface area contributed by atoms with E-state index in [-0.39, 0.29) is 11.8 Å². The summed E-state index contributed by atoms with van der Waals surface area (Å²) in [6.45, 7) is 4.86. The normalized spacial score (nSPS) is 18.6. The van der Waals surface area contributed by atoms with Gasteiger partial charge in [0.25, 0.3) is 0 Å². The molecule has 0 fully saturated rings. The second-order valence-corrected chi connectivity index (χ2v) is 8.45. The summed E-state index contributed by atoms with van der Waals surface area (Å²) in [7, 11) is 0. The highest BCUT2D eigenvalue weighted by Gasteiger charge is 2.33. The lowest BCUT2D eigenvalue weighted by Gasteiger charge is -2.28. The third kappa shape index (κ3) is 4.30. The topological polar surface area (TPSA) is 81.7 Å². The van der Waals surface area contributed by atoms with Crippen molar-refractivity contribution in [3.8, 4) is 0 Å². The fraction of sp³-hybridized carbons (Fsp3) is 0.333. The molecular formula is C24H27N3O3. The third-order valence-electron chi connectivity index (χ3n) is 5.69. The van der Waals surface area contributed by atoms with Gasteiger partial charge in [0.15, 0.2) is 5.78 Å². The number of aliphatic hydroxyl groups is 1. The molecule has 2 amide bonds. The van der Waals surface area contributed by atoms with E-state index in [2.05, 4.69) is 28.8 Å². The molecule has 0 saturated heterocycles. The number of carbonyl (C=O) groups excluding carboxylic acids is 2. The Labute approximate surface area is 176 Å². The standard InChI is InChI=1S/C24H27N3O3/c1-24(2,30)22(28)21-13-17(11-12-25-21)16-7-9-20(10-8-16)26-23(29)27-14-18-5-3-4-6-19(18)15-27/h3-11,21,25,30H,12-15H2,1-2H3,(H,26,29). The molecule has 2 heterocycles. The SMILES string of the molecule is CC(C)(O)C(=O)C1CC(c2ccc(NC(=O)N3Cc4ccccc4C3)cc2)=CCN1. The highest BCUT2D eigenvalue weighted by molar-refractivity contribution is 5.93. The number of nitrogens with zero attached hydrogens (tertiary/aromatic N) is 1. The van der Waals surface area contributed by atoms with Gasteiger partial charge >= 0.3 is 6.03 Å². The molecule has 2 aromatic carbocycles. The zero-order chi connectivity index (χ0) is 21.3. The van der Waals surface area contributed by atoms with Gasteiger partial charge in [0.1, 0.15) is 5.60 Å². The van der Waals surface area contributed by atoms with Crippen LogP contribution < -0.4 is 10.6 Å². The zero-order valence-corrected chi connectivity index (χ0v) is 17.3. The number of rotatable bonds is 4. The van der Waals surface area contributed by atoms with Crippen molar-refractivity contribution in [1.29, 1.82) is 0 Å². The molecule has 2 aliphatic heterocycles. The van der Waals surface area contributed by atoms with Gasteiger partial charge in [-0.25, -0.2) is 4.79 Å². The van der Waals surface area contributed by atoms with E-state index in [4.69, 9.17) is 0 Å². The van der Waals surface area contributed by atoms with Crippen LogP contribution in [0.5, 0.6) is 0 Å². The van der Waals surface area contributed by atoms with Crippen LogP contribution in [0.25, 0.3) is 5.57 Å². The van der Waals surface area contributed by atoms with E-state index in [1.807, 2.05) is 36.4 Å². The molecule has 2 aromatic rings. The third-order valence-corrected chi connectivity index (χ3v) is 5.69. The summed E-state index contributed by atoms with van der Waals surface area (Å²) in [6.07, 6.45) is 2.59. The van der Waals surface area contributed by atoms with E-state index in [0.29, 0.717) is 26.1 Å². The minimum atomic E-state index is -1.36. The van der Waals surface area contributed by atoms with Gasteiger partial charge in [0.05, 0.1) is 6.04 Å². The predicted molar refractivity (Wildman–Crippen MR) is 117 cm³/mol. The van der Waals surface area contributed by atoms with Crippen LogP contribution in [-0.4, -0.2) is 40.0 Å². The monoisotopic (exact) mass is 405 g/mol. The maximum Gasteiger partial charge on any atom is 0.322 e. The molecule has 0 radical (unpaired) electrons. The summed E-state index contributed by atoms with van der Waals surface area (Å²) in [5, 5.41) is 16.1. The molecule has 6 nitrogen and oxygen atoms in total. The van der Waals surface area contributed by atoms with Gasteiger partial charge in [-0.3, -0.25) is 4.79 Å². The Kier molecular flexibility index (Phi) is 5.45. The number of hydrogen-bond donors (Lipinski definition) is 3. The molecule has 30 heavy (non-hydrogen) atoms. The van der Waals surface area contributed by atoms with Crippen LogP contribution in [0.15, 0.2) is 54.6 Å².